The van der Waals surface area contributed by atoms with Gasteiger partial charge in [0.15, 0.2) is 0 Å². The lowest BCUT2D eigenvalue weighted by Crippen LogP contribution is -2.66. The van der Waals surface area contributed by atoms with Crippen molar-refractivity contribution in [3.8, 4) is 6.07 Å². The first-order chi connectivity index (χ1) is 17.3. The number of rotatable bonds is 3. The summed E-state index contributed by atoms with van der Waals surface area (Å²) in [6.07, 6.45) is 1.77. The fourth-order valence-electron chi connectivity index (χ4n) is 6.29. The Bertz CT molecular complexity index is 1340. The molecule has 0 saturated carbocycles. The fraction of sp³-hybridized carbons (Fsp3) is 0.464. The zero-order valence-corrected chi connectivity index (χ0v) is 21.4. The van der Waals surface area contributed by atoms with E-state index in [9.17, 15) is 5.26 Å². The molecule has 3 aliphatic rings. The highest BCUT2D eigenvalue weighted by Gasteiger charge is 2.38. The first kappa shape index (κ1) is 23.0. The summed E-state index contributed by atoms with van der Waals surface area (Å²) in [6, 6.07) is 15.7. The molecule has 3 fully saturated rings. The number of aryl methyl sites for hydroxylation is 1. The largest absolute Gasteiger partial charge is 0.368 e. The summed E-state index contributed by atoms with van der Waals surface area (Å²) in [5.41, 5.74) is 11.0. The molecular formula is C28H34N8. The molecule has 0 spiro atoms. The van der Waals surface area contributed by atoms with Gasteiger partial charge in [0.05, 0.1) is 11.1 Å². The number of benzene rings is 1. The minimum atomic E-state index is -0.121. The molecule has 8 heteroatoms. The zero-order valence-electron chi connectivity index (χ0n) is 21.4. The van der Waals surface area contributed by atoms with Gasteiger partial charge in [-0.15, -0.1) is 0 Å². The molecule has 0 amide bonds. The molecule has 3 aliphatic heterocycles. The zero-order chi connectivity index (χ0) is 25.0. The van der Waals surface area contributed by atoms with E-state index in [-0.39, 0.29) is 5.54 Å². The van der Waals surface area contributed by atoms with Crippen LogP contribution in [0, 0.1) is 18.3 Å². The molecule has 2 N–H and O–H groups in total. The first-order valence-corrected chi connectivity index (χ1v) is 12.9. The van der Waals surface area contributed by atoms with Gasteiger partial charge in [0.1, 0.15) is 11.9 Å². The van der Waals surface area contributed by atoms with E-state index in [1.165, 1.54) is 11.4 Å². The van der Waals surface area contributed by atoms with Crippen LogP contribution in [-0.4, -0.2) is 78.3 Å². The van der Waals surface area contributed by atoms with Crippen LogP contribution in [0.2, 0.25) is 0 Å². The van der Waals surface area contributed by atoms with Gasteiger partial charge in [0, 0.05) is 98.2 Å². The number of aromatic nitrogens is 2. The molecule has 36 heavy (non-hydrogen) atoms. The lowest BCUT2D eigenvalue weighted by Gasteiger charge is -2.52. The Morgan fingerprint density at radius 1 is 1.06 bits per heavy atom. The van der Waals surface area contributed by atoms with E-state index in [1.54, 1.807) is 6.20 Å². The summed E-state index contributed by atoms with van der Waals surface area (Å²) in [5.74, 6) is 1.03. The van der Waals surface area contributed by atoms with Crippen molar-refractivity contribution in [1.82, 2.24) is 14.9 Å². The highest BCUT2D eigenvalue weighted by atomic mass is 15.4. The molecular weight excluding hydrogens is 448 g/mol. The molecule has 2 unspecified atom stereocenters. The van der Waals surface area contributed by atoms with Gasteiger partial charge >= 0.3 is 0 Å². The van der Waals surface area contributed by atoms with E-state index >= 15 is 0 Å². The van der Waals surface area contributed by atoms with Crippen LogP contribution in [0.1, 0.15) is 25.1 Å². The molecule has 3 aromatic rings. The fourth-order valence-corrected chi connectivity index (χ4v) is 6.29. The summed E-state index contributed by atoms with van der Waals surface area (Å²) >= 11 is 0. The molecule has 2 atom stereocenters. The number of piperazine rings is 2. The molecule has 8 nitrogen and oxygen atoms in total. The second-order valence-electron chi connectivity index (χ2n) is 11.1. The minimum absolute atomic E-state index is 0.121. The highest BCUT2D eigenvalue weighted by Crippen LogP contribution is 2.34. The maximum Gasteiger partial charge on any atom is 0.130 e. The van der Waals surface area contributed by atoms with Crippen molar-refractivity contribution in [3.05, 3.63) is 53.9 Å². The van der Waals surface area contributed by atoms with Gasteiger partial charge in [-0.3, -0.25) is 9.88 Å². The van der Waals surface area contributed by atoms with Crippen LogP contribution >= 0.6 is 0 Å². The van der Waals surface area contributed by atoms with Crippen molar-refractivity contribution in [2.75, 3.05) is 60.5 Å². The topological polar surface area (TPSA) is 88.5 Å². The number of nitriles is 1. The molecule has 0 aliphatic carbocycles. The quantitative estimate of drug-likeness (QED) is 0.610. The molecule has 5 heterocycles. The minimum Gasteiger partial charge on any atom is -0.368 e. The molecule has 0 radical (unpaired) electrons. The molecule has 3 saturated heterocycles. The molecule has 6 rings (SSSR count). The van der Waals surface area contributed by atoms with Crippen molar-refractivity contribution >= 4 is 28.1 Å². The number of nitrogens with two attached hydrogens (primary N) is 1. The number of nitrogens with zero attached hydrogens (tertiary/aromatic N) is 7. The van der Waals surface area contributed by atoms with Crippen LogP contribution < -0.4 is 20.4 Å². The third-order valence-corrected chi connectivity index (χ3v) is 7.94. The van der Waals surface area contributed by atoms with Gasteiger partial charge in [-0.25, -0.2) is 4.98 Å². The molecule has 1 aromatic carbocycles. The standard InChI is InChI=1S/C28H34N8/c1-19-11-22(12-26(32-19)35-17-28(3,30)18-35)33-9-10-36-20(2)14-34(16-23(36)15-33)25-7-6-21(13-29)27-24(25)5-4-8-31-27/h4-8,11-12,20,23H,9-10,14-18,30H2,1-3H3. The third kappa shape index (κ3) is 4.02. The van der Waals surface area contributed by atoms with Crippen molar-refractivity contribution in [2.24, 2.45) is 5.73 Å². The number of hydrogen-bond donors (Lipinski definition) is 1. The van der Waals surface area contributed by atoms with Gasteiger partial charge in [-0.05, 0) is 51.1 Å². The summed E-state index contributed by atoms with van der Waals surface area (Å²) in [7, 11) is 0. The van der Waals surface area contributed by atoms with E-state index in [0.717, 1.165) is 68.2 Å². The van der Waals surface area contributed by atoms with Crippen LogP contribution in [0.4, 0.5) is 17.2 Å². The number of anilines is 3. The summed E-state index contributed by atoms with van der Waals surface area (Å²) in [6.45, 7) is 13.2. The van der Waals surface area contributed by atoms with Crippen LogP contribution in [0.5, 0.6) is 0 Å². The highest BCUT2D eigenvalue weighted by molar-refractivity contribution is 5.95. The van der Waals surface area contributed by atoms with E-state index in [4.69, 9.17) is 10.7 Å². The Kier molecular flexibility index (Phi) is 5.51. The summed E-state index contributed by atoms with van der Waals surface area (Å²) < 4.78 is 0. The van der Waals surface area contributed by atoms with Crippen LogP contribution in [0.25, 0.3) is 10.9 Å². The molecule has 0 bridgehead atoms. The average Bonchev–Trinajstić information content (AvgIpc) is 2.85. The Hall–Kier alpha value is -3.41. The van der Waals surface area contributed by atoms with Crippen molar-refractivity contribution < 1.29 is 0 Å². The van der Waals surface area contributed by atoms with E-state index in [2.05, 4.69) is 75.7 Å². The van der Waals surface area contributed by atoms with Gasteiger partial charge in [-0.1, -0.05) is 0 Å². The second kappa shape index (κ2) is 8.61. The SMILES string of the molecule is Cc1cc(N2CCN3C(C)CN(c4ccc(C#N)c5ncccc45)CC3C2)cc(N2CC(C)(N)C2)n1. The Labute approximate surface area is 212 Å². The summed E-state index contributed by atoms with van der Waals surface area (Å²) in [4.78, 5) is 19.3. The predicted octanol–water partition coefficient (Wildman–Crippen LogP) is 2.75. The molecule has 2 aromatic heterocycles. The van der Waals surface area contributed by atoms with Crippen molar-refractivity contribution in [3.63, 3.8) is 0 Å². The van der Waals surface area contributed by atoms with E-state index in [0.29, 0.717) is 17.6 Å². The Morgan fingerprint density at radius 3 is 2.64 bits per heavy atom. The Morgan fingerprint density at radius 2 is 1.86 bits per heavy atom. The van der Waals surface area contributed by atoms with Gasteiger partial charge < -0.3 is 20.4 Å². The third-order valence-electron chi connectivity index (χ3n) is 7.94. The van der Waals surface area contributed by atoms with E-state index < -0.39 is 0 Å². The predicted molar refractivity (Wildman–Crippen MR) is 145 cm³/mol. The number of fused-ring (bicyclic) bond motifs is 2. The maximum absolute atomic E-state index is 9.56. The smallest absolute Gasteiger partial charge is 0.130 e. The van der Waals surface area contributed by atoms with Crippen molar-refractivity contribution in [1.29, 1.82) is 5.26 Å². The second-order valence-corrected chi connectivity index (χ2v) is 11.1. The lowest BCUT2D eigenvalue weighted by molar-refractivity contribution is 0.108. The first-order valence-electron chi connectivity index (χ1n) is 12.9. The summed E-state index contributed by atoms with van der Waals surface area (Å²) in [5, 5.41) is 10.6. The van der Waals surface area contributed by atoms with Crippen LogP contribution in [0.3, 0.4) is 0 Å². The van der Waals surface area contributed by atoms with E-state index in [1.807, 2.05) is 12.1 Å². The van der Waals surface area contributed by atoms with Gasteiger partial charge in [0.25, 0.3) is 0 Å². The maximum atomic E-state index is 9.56. The number of pyridine rings is 2. The van der Waals surface area contributed by atoms with Crippen LogP contribution in [-0.2, 0) is 0 Å². The number of hydrogen-bond acceptors (Lipinski definition) is 8. The Balaban J connectivity index is 1.25. The monoisotopic (exact) mass is 482 g/mol. The van der Waals surface area contributed by atoms with Crippen LogP contribution in [0.15, 0.2) is 42.6 Å². The lowest BCUT2D eigenvalue weighted by atomic mass is 9.94. The van der Waals surface area contributed by atoms with Gasteiger partial charge in [-0.2, -0.15) is 5.26 Å². The van der Waals surface area contributed by atoms with Crippen molar-refractivity contribution in [2.45, 2.75) is 38.4 Å². The van der Waals surface area contributed by atoms with Gasteiger partial charge in [0.2, 0.25) is 0 Å². The normalized spacial score (nSPS) is 23.8. The average molecular weight is 483 g/mol. The molecule has 186 valence electrons.